The first kappa shape index (κ1) is 12.4. The van der Waals surface area contributed by atoms with Crippen LogP contribution in [0.15, 0.2) is 24.5 Å². The molecule has 1 saturated carbocycles. The van der Waals surface area contributed by atoms with Crippen molar-refractivity contribution >= 4 is 16.5 Å². The van der Waals surface area contributed by atoms with Crippen LogP contribution in [0.1, 0.15) is 18.5 Å². The summed E-state index contributed by atoms with van der Waals surface area (Å²) in [5.74, 6) is 0. The SMILES string of the molecule is [NH-]c1ncc(-c2ccnc(C3(C(F)(F)F)CC3)c2)s1. The van der Waals surface area contributed by atoms with Gasteiger partial charge in [0.15, 0.2) is 0 Å². The molecule has 0 amide bonds. The smallest absolute Gasteiger partial charge is 0.399 e. The number of nitrogens with zero attached hydrogens (tertiary/aromatic N) is 2. The van der Waals surface area contributed by atoms with Gasteiger partial charge in [-0.05, 0) is 35.7 Å². The Morgan fingerprint density at radius 3 is 2.53 bits per heavy atom. The number of aromatic nitrogens is 2. The lowest BCUT2D eigenvalue weighted by atomic mass is 9.99. The van der Waals surface area contributed by atoms with Gasteiger partial charge in [-0.2, -0.15) is 13.2 Å². The highest BCUT2D eigenvalue weighted by Crippen LogP contribution is 2.58. The van der Waals surface area contributed by atoms with Gasteiger partial charge in [0.1, 0.15) is 5.41 Å². The molecule has 1 aliphatic rings. The number of alkyl halides is 3. The van der Waals surface area contributed by atoms with Crippen LogP contribution in [0.4, 0.5) is 18.3 Å². The van der Waals surface area contributed by atoms with Crippen molar-refractivity contribution in [1.29, 1.82) is 0 Å². The van der Waals surface area contributed by atoms with E-state index >= 15 is 0 Å². The van der Waals surface area contributed by atoms with Gasteiger partial charge in [-0.3, -0.25) is 4.98 Å². The van der Waals surface area contributed by atoms with Gasteiger partial charge >= 0.3 is 6.18 Å². The van der Waals surface area contributed by atoms with Crippen molar-refractivity contribution in [2.75, 3.05) is 0 Å². The first-order valence-electron chi connectivity index (χ1n) is 5.63. The molecule has 0 saturated heterocycles. The maximum Gasteiger partial charge on any atom is 0.399 e. The van der Waals surface area contributed by atoms with E-state index in [4.69, 9.17) is 5.73 Å². The van der Waals surface area contributed by atoms with Gasteiger partial charge < -0.3 is 10.7 Å². The quantitative estimate of drug-likeness (QED) is 0.816. The van der Waals surface area contributed by atoms with E-state index in [0.29, 0.717) is 10.4 Å². The number of rotatable bonds is 2. The Kier molecular flexibility index (Phi) is 2.57. The van der Waals surface area contributed by atoms with E-state index in [2.05, 4.69) is 9.97 Å². The summed E-state index contributed by atoms with van der Waals surface area (Å²) in [5.41, 5.74) is 6.30. The molecule has 0 aliphatic heterocycles. The van der Waals surface area contributed by atoms with Crippen molar-refractivity contribution in [3.8, 4) is 10.4 Å². The lowest BCUT2D eigenvalue weighted by Gasteiger charge is -2.18. The third-order valence-corrected chi connectivity index (χ3v) is 4.19. The van der Waals surface area contributed by atoms with Crippen molar-refractivity contribution in [2.24, 2.45) is 0 Å². The summed E-state index contributed by atoms with van der Waals surface area (Å²) in [6.07, 6.45) is -1.18. The predicted molar refractivity (Wildman–Crippen MR) is 66.3 cm³/mol. The van der Waals surface area contributed by atoms with Crippen LogP contribution in [-0.2, 0) is 5.41 Å². The van der Waals surface area contributed by atoms with E-state index in [9.17, 15) is 13.2 Å². The van der Waals surface area contributed by atoms with Crippen LogP contribution in [0.25, 0.3) is 16.2 Å². The van der Waals surface area contributed by atoms with Gasteiger partial charge in [0.2, 0.25) is 0 Å². The molecule has 3 rings (SSSR count). The van der Waals surface area contributed by atoms with Crippen molar-refractivity contribution in [1.82, 2.24) is 9.97 Å². The molecule has 1 aliphatic carbocycles. The van der Waals surface area contributed by atoms with Crippen LogP contribution in [-0.4, -0.2) is 16.1 Å². The van der Waals surface area contributed by atoms with Crippen LogP contribution in [0, 0.1) is 0 Å². The second-order valence-corrected chi connectivity index (χ2v) is 5.57. The molecule has 1 fully saturated rings. The molecule has 2 heterocycles. The fourth-order valence-corrected chi connectivity index (χ4v) is 2.73. The number of halogens is 3. The summed E-state index contributed by atoms with van der Waals surface area (Å²) in [5, 5.41) is 0.144. The molecule has 0 radical (unpaired) electrons. The summed E-state index contributed by atoms with van der Waals surface area (Å²) >= 11 is 1.13. The Morgan fingerprint density at radius 2 is 2.00 bits per heavy atom. The van der Waals surface area contributed by atoms with E-state index in [0.717, 1.165) is 11.3 Å². The average Bonchev–Trinajstić information content (AvgIpc) is 3.07. The normalized spacial score (nSPS) is 17.4. The molecule has 0 aromatic carbocycles. The fraction of sp³-hybridized carbons (Fsp3) is 0.333. The minimum absolute atomic E-state index is 0.0671. The van der Waals surface area contributed by atoms with Gasteiger partial charge in [-0.1, -0.05) is 6.20 Å². The molecule has 0 atom stereocenters. The van der Waals surface area contributed by atoms with Gasteiger partial charge in [0.05, 0.1) is 5.69 Å². The zero-order valence-corrected chi connectivity index (χ0v) is 10.5. The van der Waals surface area contributed by atoms with Crippen LogP contribution in [0.3, 0.4) is 0 Å². The topological polar surface area (TPSA) is 49.6 Å². The maximum atomic E-state index is 13.0. The van der Waals surface area contributed by atoms with Crippen LogP contribution >= 0.6 is 11.3 Å². The molecule has 100 valence electrons. The van der Waals surface area contributed by atoms with E-state index < -0.39 is 11.6 Å². The standard InChI is InChI=1S/C12H9F3N3S/c13-12(14,15)11(2-3-11)9-5-7(1-4-17-9)8-6-18-10(16)19-8/h1,4-6H,2-3H2,(H-,16,18)/q-1. The molecule has 0 bridgehead atoms. The van der Waals surface area contributed by atoms with Crippen LogP contribution in [0.5, 0.6) is 0 Å². The first-order valence-corrected chi connectivity index (χ1v) is 6.45. The Bertz CT molecular complexity index is 617. The maximum absolute atomic E-state index is 13.0. The number of hydrogen-bond acceptors (Lipinski definition) is 3. The molecule has 7 heteroatoms. The van der Waals surface area contributed by atoms with Gasteiger partial charge in [-0.25, -0.2) is 0 Å². The molecular weight excluding hydrogens is 275 g/mol. The second kappa shape index (κ2) is 3.93. The molecular formula is C12H9F3N3S-. The lowest BCUT2D eigenvalue weighted by Crippen LogP contribution is -2.29. The van der Waals surface area contributed by atoms with Gasteiger partial charge in [0.25, 0.3) is 0 Å². The summed E-state index contributed by atoms with van der Waals surface area (Å²) in [6.45, 7) is 0. The fourth-order valence-electron chi connectivity index (χ4n) is 2.06. The summed E-state index contributed by atoms with van der Waals surface area (Å²) in [4.78, 5) is 8.37. The highest BCUT2D eigenvalue weighted by molar-refractivity contribution is 7.18. The minimum Gasteiger partial charge on any atom is -0.473 e. The van der Waals surface area contributed by atoms with Crippen molar-refractivity contribution in [3.63, 3.8) is 0 Å². The van der Waals surface area contributed by atoms with Crippen molar-refractivity contribution in [2.45, 2.75) is 24.4 Å². The number of pyridine rings is 1. The van der Waals surface area contributed by atoms with Gasteiger partial charge in [-0.15, -0.1) is 11.3 Å². The zero-order chi connectivity index (χ0) is 13.7. The third kappa shape index (κ3) is 1.98. The molecule has 3 nitrogen and oxygen atoms in total. The van der Waals surface area contributed by atoms with Crippen molar-refractivity contribution < 1.29 is 13.2 Å². The number of thiazole rings is 1. The first-order chi connectivity index (χ1) is 8.92. The predicted octanol–water partition coefficient (Wildman–Crippen LogP) is 4.48. The molecule has 1 N–H and O–H groups in total. The van der Waals surface area contributed by atoms with E-state index in [1.807, 2.05) is 0 Å². The van der Waals surface area contributed by atoms with Crippen LogP contribution < -0.4 is 0 Å². The second-order valence-electron chi connectivity index (χ2n) is 4.54. The molecule has 0 unspecified atom stereocenters. The average molecular weight is 284 g/mol. The number of nitrogens with one attached hydrogen (secondary N) is 1. The minimum atomic E-state index is -4.26. The Labute approximate surface area is 111 Å². The number of hydrogen-bond donors (Lipinski definition) is 0. The van der Waals surface area contributed by atoms with Crippen LogP contribution in [0.2, 0.25) is 0 Å². The monoisotopic (exact) mass is 284 g/mol. The Hall–Kier alpha value is -1.63. The Balaban J connectivity index is 2.02. The molecule has 19 heavy (non-hydrogen) atoms. The largest absolute Gasteiger partial charge is 0.473 e. The summed E-state index contributed by atoms with van der Waals surface area (Å²) in [6, 6.07) is 3.11. The van der Waals surface area contributed by atoms with Crippen molar-refractivity contribution in [3.05, 3.63) is 36.0 Å². The van der Waals surface area contributed by atoms with Gasteiger partial charge in [0, 0.05) is 11.1 Å². The van der Waals surface area contributed by atoms with E-state index in [-0.39, 0.29) is 23.7 Å². The lowest BCUT2D eigenvalue weighted by molar-refractivity contribution is -0.161. The highest BCUT2D eigenvalue weighted by Gasteiger charge is 2.65. The molecule has 2 aromatic rings. The third-order valence-electron chi connectivity index (χ3n) is 3.33. The Morgan fingerprint density at radius 1 is 1.26 bits per heavy atom. The van der Waals surface area contributed by atoms with E-state index in [1.165, 1.54) is 18.5 Å². The highest BCUT2D eigenvalue weighted by atomic mass is 32.1. The summed E-state index contributed by atoms with van der Waals surface area (Å²) < 4.78 is 39.1. The zero-order valence-electron chi connectivity index (χ0n) is 9.66. The van der Waals surface area contributed by atoms with E-state index in [1.54, 1.807) is 6.07 Å². The molecule has 2 aromatic heterocycles. The molecule has 0 spiro atoms. The summed E-state index contributed by atoms with van der Waals surface area (Å²) in [7, 11) is 0.